The number of hydrogen-bond donors (Lipinski definition) is 1. The molecule has 0 unspecified atom stereocenters. The van der Waals surface area contributed by atoms with Gasteiger partial charge in [0, 0.05) is 15.9 Å². The average molecular weight is 384 g/mol. The number of rotatable bonds is 4. The fraction of sp³-hybridized carbons (Fsp3) is 0.150. The fourth-order valence-corrected chi connectivity index (χ4v) is 3.26. The highest BCUT2D eigenvalue weighted by Gasteiger charge is 2.20. The van der Waals surface area contributed by atoms with Gasteiger partial charge in [0.05, 0.1) is 11.3 Å². The summed E-state index contributed by atoms with van der Waals surface area (Å²) >= 11 is 3.45. The second-order valence-electron chi connectivity index (χ2n) is 5.66. The smallest absolute Gasteiger partial charge is 0.337 e. The van der Waals surface area contributed by atoms with Crippen LogP contribution in [0.2, 0.25) is 0 Å². The van der Waals surface area contributed by atoms with Crippen molar-refractivity contribution in [1.82, 2.24) is 4.57 Å². The van der Waals surface area contributed by atoms with Gasteiger partial charge in [0.15, 0.2) is 0 Å². The summed E-state index contributed by atoms with van der Waals surface area (Å²) < 4.78 is 3.04. The highest BCUT2D eigenvalue weighted by Crippen LogP contribution is 2.31. The molecule has 0 aliphatic carbocycles. The van der Waals surface area contributed by atoms with Crippen LogP contribution in [-0.4, -0.2) is 15.6 Å². The first-order valence-corrected chi connectivity index (χ1v) is 8.62. The van der Waals surface area contributed by atoms with Gasteiger partial charge in [-0.25, -0.2) is 4.79 Å². The summed E-state index contributed by atoms with van der Waals surface area (Å²) in [6, 6.07) is 17.8. The van der Waals surface area contributed by atoms with Crippen LogP contribution in [0, 0.1) is 6.92 Å². The minimum atomic E-state index is -0.904. The van der Waals surface area contributed by atoms with Crippen molar-refractivity contribution in [2.24, 2.45) is 0 Å². The summed E-state index contributed by atoms with van der Waals surface area (Å²) in [5, 5.41) is 9.55. The highest BCUT2D eigenvalue weighted by molar-refractivity contribution is 9.10. The zero-order chi connectivity index (χ0) is 17.3. The molecular formula is C20H18BrNO2. The average Bonchev–Trinajstić information content (AvgIpc) is 2.93. The molecule has 0 atom stereocenters. The Morgan fingerprint density at radius 1 is 1.12 bits per heavy atom. The van der Waals surface area contributed by atoms with E-state index < -0.39 is 5.97 Å². The van der Waals surface area contributed by atoms with E-state index in [4.69, 9.17) is 0 Å². The monoisotopic (exact) mass is 383 g/mol. The fourth-order valence-electron chi connectivity index (χ4n) is 2.99. The largest absolute Gasteiger partial charge is 0.478 e. The molecule has 0 fully saturated rings. The van der Waals surface area contributed by atoms with E-state index in [9.17, 15) is 9.90 Å². The lowest BCUT2D eigenvalue weighted by Crippen LogP contribution is -2.05. The topological polar surface area (TPSA) is 42.2 Å². The number of carbonyl (C=O) groups is 1. The van der Waals surface area contributed by atoms with Crippen LogP contribution in [0.3, 0.4) is 0 Å². The van der Waals surface area contributed by atoms with Crippen molar-refractivity contribution in [3.05, 3.63) is 75.9 Å². The van der Waals surface area contributed by atoms with Gasteiger partial charge >= 0.3 is 5.97 Å². The second kappa shape index (κ2) is 6.65. The van der Waals surface area contributed by atoms with Crippen LogP contribution < -0.4 is 0 Å². The summed E-state index contributed by atoms with van der Waals surface area (Å²) in [6.07, 6.45) is 0.885. The van der Waals surface area contributed by atoms with E-state index in [-0.39, 0.29) is 0 Å². The van der Waals surface area contributed by atoms with Crippen molar-refractivity contribution in [1.29, 1.82) is 0 Å². The Kier molecular flexibility index (Phi) is 4.58. The zero-order valence-corrected chi connectivity index (χ0v) is 15.2. The van der Waals surface area contributed by atoms with Gasteiger partial charge in [0.1, 0.15) is 0 Å². The van der Waals surface area contributed by atoms with Gasteiger partial charge in [-0.1, -0.05) is 53.2 Å². The Morgan fingerprint density at radius 2 is 1.79 bits per heavy atom. The van der Waals surface area contributed by atoms with Crippen molar-refractivity contribution in [2.45, 2.75) is 20.3 Å². The van der Waals surface area contributed by atoms with E-state index >= 15 is 0 Å². The number of nitrogens with zero attached hydrogens (tertiary/aromatic N) is 1. The minimum Gasteiger partial charge on any atom is -0.478 e. The van der Waals surface area contributed by atoms with Crippen molar-refractivity contribution in [3.63, 3.8) is 0 Å². The van der Waals surface area contributed by atoms with Crippen LogP contribution in [0.25, 0.3) is 16.9 Å². The van der Waals surface area contributed by atoms with Gasteiger partial charge in [0.2, 0.25) is 0 Å². The molecule has 122 valence electrons. The number of aromatic nitrogens is 1. The van der Waals surface area contributed by atoms with E-state index in [0.29, 0.717) is 5.56 Å². The number of carboxylic acids is 1. The molecule has 1 heterocycles. The molecule has 1 aromatic heterocycles. The first-order valence-electron chi connectivity index (χ1n) is 7.82. The van der Waals surface area contributed by atoms with E-state index in [1.807, 2.05) is 54.0 Å². The summed E-state index contributed by atoms with van der Waals surface area (Å²) in [7, 11) is 0. The molecular weight excluding hydrogens is 366 g/mol. The van der Waals surface area contributed by atoms with Crippen LogP contribution in [0.15, 0.2) is 59.1 Å². The molecule has 0 radical (unpaired) electrons. The van der Waals surface area contributed by atoms with Gasteiger partial charge in [-0.05, 0) is 48.7 Å². The maximum Gasteiger partial charge on any atom is 0.337 e. The molecule has 0 amide bonds. The molecule has 0 saturated carbocycles. The third-order valence-electron chi connectivity index (χ3n) is 4.23. The highest BCUT2D eigenvalue weighted by atomic mass is 79.9. The Labute approximate surface area is 149 Å². The Bertz CT molecular complexity index is 895. The van der Waals surface area contributed by atoms with Crippen molar-refractivity contribution in [2.75, 3.05) is 0 Å². The van der Waals surface area contributed by atoms with E-state index in [2.05, 4.69) is 28.9 Å². The summed E-state index contributed by atoms with van der Waals surface area (Å²) in [4.78, 5) is 11.6. The third kappa shape index (κ3) is 2.89. The van der Waals surface area contributed by atoms with Crippen LogP contribution in [0.5, 0.6) is 0 Å². The second-order valence-corrected chi connectivity index (χ2v) is 6.57. The maximum absolute atomic E-state index is 11.6. The minimum absolute atomic E-state index is 0.332. The first kappa shape index (κ1) is 16.5. The maximum atomic E-state index is 11.6. The molecule has 24 heavy (non-hydrogen) atoms. The predicted octanol–water partition coefficient (Wildman–Crippen LogP) is 5.48. The molecule has 0 aliphatic heterocycles. The molecule has 0 aliphatic rings. The number of para-hydroxylation sites is 1. The molecule has 0 saturated heterocycles. The number of hydrogen-bond acceptors (Lipinski definition) is 1. The van der Waals surface area contributed by atoms with Crippen LogP contribution in [-0.2, 0) is 6.42 Å². The SMILES string of the molecule is CCc1ccccc1-n1c(-c2ccc(Br)cc2)cc(C(=O)O)c1C. The van der Waals surface area contributed by atoms with Crippen molar-refractivity contribution < 1.29 is 9.90 Å². The normalized spacial score (nSPS) is 10.8. The van der Waals surface area contributed by atoms with E-state index in [0.717, 1.165) is 33.5 Å². The van der Waals surface area contributed by atoms with Gasteiger partial charge in [-0.2, -0.15) is 0 Å². The molecule has 3 rings (SSSR count). The Balaban J connectivity index is 2.31. The van der Waals surface area contributed by atoms with Crippen LogP contribution in [0.1, 0.15) is 28.5 Å². The van der Waals surface area contributed by atoms with Crippen LogP contribution in [0.4, 0.5) is 0 Å². The molecule has 0 spiro atoms. The van der Waals surface area contributed by atoms with Gasteiger partial charge in [-0.3, -0.25) is 0 Å². The van der Waals surface area contributed by atoms with E-state index in [1.54, 1.807) is 6.07 Å². The van der Waals surface area contributed by atoms with Crippen LogP contribution >= 0.6 is 15.9 Å². The standard InChI is InChI=1S/C20H18BrNO2/c1-3-14-6-4-5-7-18(14)22-13(2)17(20(23)24)12-19(22)15-8-10-16(21)11-9-15/h4-12H,3H2,1-2H3,(H,23,24). The number of benzene rings is 2. The van der Waals surface area contributed by atoms with Gasteiger partial charge < -0.3 is 9.67 Å². The molecule has 1 N–H and O–H groups in total. The lowest BCUT2D eigenvalue weighted by Gasteiger charge is -2.16. The molecule has 3 nitrogen and oxygen atoms in total. The lowest BCUT2D eigenvalue weighted by atomic mass is 10.1. The Morgan fingerprint density at radius 3 is 2.42 bits per heavy atom. The molecule has 2 aromatic carbocycles. The molecule has 0 bridgehead atoms. The summed E-state index contributed by atoms with van der Waals surface area (Å²) in [5.74, 6) is -0.904. The van der Waals surface area contributed by atoms with Gasteiger partial charge in [0.25, 0.3) is 0 Å². The summed E-state index contributed by atoms with van der Waals surface area (Å²) in [5.41, 5.74) is 5.16. The number of carboxylic acid groups (broad SMARTS) is 1. The first-order chi connectivity index (χ1) is 11.5. The molecule has 3 aromatic rings. The summed E-state index contributed by atoms with van der Waals surface area (Å²) in [6.45, 7) is 3.97. The lowest BCUT2D eigenvalue weighted by molar-refractivity contribution is 0.0696. The molecule has 4 heteroatoms. The number of aromatic carboxylic acids is 1. The van der Waals surface area contributed by atoms with E-state index in [1.165, 1.54) is 5.56 Å². The van der Waals surface area contributed by atoms with Crippen molar-refractivity contribution in [3.8, 4) is 16.9 Å². The third-order valence-corrected chi connectivity index (χ3v) is 4.76. The number of halogens is 1. The zero-order valence-electron chi connectivity index (χ0n) is 13.6. The number of aryl methyl sites for hydroxylation is 1. The Hall–Kier alpha value is -2.33. The quantitative estimate of drug-likeness (QED) is 0.648. The van der Waals surface area contributed by atoms with Crippen molar-refractivity contribution >= 4 is 21.9 Å². The van der Waals surface area contributed by atoms with Gasteiger partial charge in [-0.15, -0.1) is 0 Å². The predicted molar refractivity (Wildman–Crippen MR) is 100.0 cm³/mol.